The first-order chi connectivity index (χ1) is 9.63. The van der Waals surface area contributed by atoms with Crippen molar-refractivity contribution in [2.24, 2.45) is 0 Å². The fourth-order valence-corrected chi connectivity index (χ4v) is 1.65. The van der Waals surface area contributed by atoms with E-state index < -0.39 is 0 Å². The van der Waals surface area contributed by atoms with Crippen molar-refractivity contribution in [3.63, 3.8) is 0 Å². The highest BCUT2D eigenvalue weighted by molar-refractivity contribution is 5.77. The first-order valence-corrected chi connectivity index (χ1v) is 7.06. The summed E-state index contributed by atoms with van der Waals surface area (Å²) in [6.45, 7) is 7.19. The molecule has 0 aliphatic heterocycles. The number of rotatable bonds is 6. The summed E-state index contributed by atoms with van der Waals surface area (Å²) < 4.78 is 5.36. The number of carbonyl (C=O) groups is 1. The third-order valence-corrected chi connectivity index (χ3v) is 2.66. The highest BCUT2D eigenvalue weighted by Gasteiger charge is 2.11. The summed E-state index contributed by atoms with van der Waals surface area (Å²) in [5.41, 5.74) is 0.967. The van der Waals surface area contributed by atoms with Crippen LogP contribution in [0.15, 0.2) is 30.3 Å². The molecular formula is C17H23NO2. The SMILES string of the molecule is CCCN(CC#Cc1ccccc1)C(=O)COC(C)C. The van der Waals surface area contributed by atoms with Gasteiger partial charge >= 0.3 is 0 Å². The predicted molar refractivity (Wildman–Crippen MR) is 81.3 cm³/mol. The van der Waals surface area contributed by atoms with Crippen LogP contribution in [-0.2, 0) is 9.53 Å². The lowest BCUT2D eigenvalue weighted by molar-refractivity contribution is -0.137. The van der Waals surface area contributed by atoms with Gasteiger partial charge in [-0.3, -0.25) is 4.79 Å². The van der Waals surface area contributed by atoms with Crippen molar-refractivity contribution < 1.29 is 9.53 Å². The fourth-order valence-electron chi connectivity index (χ4n) is 1.65. The van der Waals surface area contributed by atoms with E-state index in [0.717, 1.165) is 12.0 Å². The van der Waals surface area contributed by atoms with E-state index in [9.17, 15) is 4.79 Å². The lowest BCUT2D eigenvalue weighted by Crippen LogP contribution is -2.35. The Bertz CT molecular complexity index is 457. The van der Waals surface area contributed by atoms with Crippen LogP contribution in [0.4, 0.5) is 0 Å². The number of carbonyl (C=O) groups excluding carboxylic acids is 1. The van der Waals surface area contributed by atoms with Gasteiger partial charge in [0.15, 0.2) is 0 Å². The van der Waals surface area contributed by atoms with E-state index in [1.165, 1.54) is 0 Å². The Morgan fingerprint density at radius 3 is 2.60 bits per heavy atom. The van der Waals surface area contributed by atoms with E-state index in [1.807, 2.05) is 51.1 Å². The topological polar surface area (TPSA) is 29.5 Å². The van der Waals surface area contributed by atoms with E-state index in [-0.39, 0.29) is 18.6 Å². The molecule has 3 heteroatoms. The molecule has 0 radical (unpaired) electrons. The summed E-state index contributed by atoms with van der Waals surface area (Å²) >= 11 is 0. The second kappa shape index (κ2) is 9.17. The minimum atomic E-state index is 0.00270. The average Bonchev–Trinajstić information content (AvgIpc) is 2.45. The van der Waals surface area contributed by atoms with Crippen LogP contribution in [0.1, 0.15) is 32.8 Å². The van der Waals surface area contributed by atoms with E-state index in [2.05, 4.69) is 11.8 Å². The van der Waals surface area contributed by atoms with Gasteiger partial charge in [-0.15, -0.1) is 0 Å². The van der Waals surface area contributed by atoms with Gasteiger partial charge in [-0.05, 0) is 32.4 Å². The molecule has 1 amide bonds. The number of ether oxygens (including phenoxy) is 1. The molecule has 0 atom stereocenters. The van der Waals surface area contributed by atoms with Crippen LogP contribution >= 0.6 is 0 Å². The average molecular weight is 273 g/mol. The Labute approximate surface area is 121 Å². The third kappa shape index (κ3) is 6.40. The maximum atomic E-state index is 12.0. The van der Waals surface area contributed by atoms with Gasteiger partial charge in [0.2, 0.25) is 5.91 Å². The second-order valence-corrected chi connectivity index (χ2v) is 4.84. The molecular weight excluding hydrogens is 250 g/mol. The van der Waals surface area contributed by atoms with Gasteiger partial charge in [0.25, 0.3) is 0 Å². The smallest absolute Gasteiger partial charge is 0.249 e. The first kappa shape index (κ1) is 16.3. The Hall–Kier alpha value is -1.79. The molecule has 20 heavy (non-hydrogen) atoms. The summed E-state index contributed by atoms with van der Waals surface area (Å²) in [5.74, 6) is 6.13. The summed E-state index contributed by atoms with van der Waals surface area (Å²) in [5, 5.41) is 0. The zero-order valence-corrected chi connectivity index (χ0v) is 12.6. The largest absolute Gasteiger partial charge is 0.369 e. The standard InChI is InChI=1S/C17H23NO2/c1-4-12-18(17(19)14-20-15(2)3)13-8-11-16-9-6-5-7-10-16/h5-7,9-10,15H,4,12-14H2,1-3H3. The number of nitrogens with zero attached hydrogens (tertiary/aromatic N) is 1. The molecule has 108 valence electrons. The van der Waals surface area contributed by atoms with E-state index >= 15 is 0 Å². The molecule has 0 bridgehead atoms. The number of benzene rings is 1. The van der Waals surface area contributed by atoms with E-state index in [0.29, 0.717) is 13.1 Å². The van der Waals surface area contributed by atoms with Crippen LogP contribution in [0.5, 0.6) is 0 Å². The summed E-state index contributed by atoms with van der Waals surface area (Å²) in [6.07, 6.45) is 0.985. The normalized spacial score (nSPS) is 10.0. The summed E-state index contributed by atoms with van der Waals surface area (Å²) in [4.78, 5) is 13.8. The van der Waals surface area contributed by atoms with Crippen molar-refractivity contribution in [1.82, 2.24) is 4.90 Å². The molecule has 0 fully saturated rings. The van der Waals surface area contributed by atoms with Crippen molar-refractivity contribution in [3.8, 4) is 11.8 Å². The van der Waals surface area contributed by atoms with Gasteiger partial charge in [-0.2, -0.15) is 0 Å². The van der Waals surface area contributed by atoms with Crippen molar-refractivity contribution in [2.75, 3.05) is 19.7 Å². The summed E-state index contributed by atoms with van der Waals surface area (Å²) in [7, 11) is 0. The van der Waals surface area contributed by atoms with E-state index in [4.69, 9.17) is 4.74 Å². The highest BCUT2D eigenvalue weighted by Crippen LogP contribution is 1.98. The molecule has 3 nitrogen and oxygen atoms in total. The highest BCUT2D eigenvalue weighted by atomic mass is 16.5. The Morgan fingerprint density at radius 1 is 1.30 bits per heavy atom. The predicted octanol–water partition coefficient (Wildman–Crippen LogP) is 2.70. The second-order valence-electron chi connectivity index (χ2n) is 4.84. The molecule has 0 aromatic heterocycles. The number of amides is 1. The van der Waals surface area contributed by atoms with Gasteiger partial charge in [-0.25, -0.2) is 0 Å². The van der Waals surface area contributed by atoms with Crippen LogP contribution in [-0.4, -0.2) is 36.6 Å². The Kier molecular flexibility index (Phi) is 7.46. The van der Waals surface area contributed by atoms with Crippen LogP contribution in [0.3, 0.4) is 0 Å². The molecule has 0 aliphatic rings. The maximum Gasteiger partial charge on any atom is 0.249 e. The molecule has 1 aromatic carbocycles. The molecule has 0 heterocycles. The Morgan fingerprint density at radius 2 is 2.00 bits per heavy atom. The zero-order valence-electron chi connectivity index (χ0n) is 12.6. The lowest BCUT2D eigenvalue weighted by Gasteiger charge is -2.20. The van der Waals surface area contributed by atoms with Gasteiger partial charge in [-0.1, -0.05) is 37.0 Å². The first-order valence-electron chi connectivity index (χ1n) is 7.06. The van der Waals surface area contributed by atoms with Gasteiger partial charge in [0.05, 0.1) is 12.6 Å². The maximum absolute atomic E-state index is 12.0. The van der Waals surface area contributed by atoms with Gasteiger partial charge in [0, 0.05) is 12.1 Å². The number of hydrogen-bond donors (Lipinski definition) is 0. The van der Waals surface area contributed by atoms with Crippen molar-refractivity contribution in [1.29, 1.82) is 0 Å². The van der Waals surface area contributed by atoms with Gasteiger partial charge < -0.3 is 9.64 Å². The van der Waals surface area contributed by atoms with Crippen LogP contribution in [0.2, 0.25) is 0 Å². The molecule has 1 rings (SSSR count). The fraction of sp³-hybridized carbons (Fsp3) is 0.471. The van der Waals surface area contributed by atoms with Gasteiger partial charge in [0.1, 0.15) is 6.61 Å². The molecule has 0 aliphatic carbocycles. The molecule has 0 spiro atoms. The van der Waals surface area contributed by atoms with Crippen molar-refractivity contribution >= 4 is 5.91 Å². The summed E-state index contributed by atoms with van der Waals surface area (Å²) in [6, 6.07) is 9.79. The van der Waals surface area contributed by atoms with Crippen molar-refractivity contribution in [3.05, 3.63) is 35.9 Å². The number of hydrogen-bond acceptors (Lipinski definition) is 2. The molecule has 0 N–H and O–H groups in total. The molecule has 0 saturated heterocycles. The van der Waals surface area contributed by atoms with Crippen LogP contribution in [0.25, 0.3) is 0 Å². The zero-order chi connectivity index (χ0) is 14.8. The van der Waals surface area contributed by atoms with Crippen molar-refractivity contribution in [2.45, 2.75) is 33.3 Å². The quantitative estimate of drug-likeness (QED) is 0.746. The third-order valence-electron chi connectivity index (χ3n) is 2.66. The molecule has 0 unspecified atom stereocenters. The molecule has 0 saturated carbocycles. The van der Waals surface area contributed by atoms with Crippen LogP contribution in [0, 0.1) is 11.8 Å². The monoisotopic (exact) mass is 273 g/mol. The lowest BCUT2D eigenvalue weighted by atomic mass is 10.2. The minimum Gasteiger partial charge on any atom is -0.369 e. The van der Waals surface area contributed by atoms with E-state index in [1.54, 1.807) is 4.90 Å². The molecule has 1 aromatic rings. The van der Waals surface area contributed by atoms with Crippen LogP contribution < -0.4 is 0 Å². The minimum absolute atomic E-state index is 0.00270. The Balaban J connectivity index is 2.54.